The van der Waals surface area contributed by atoms with E-state index >= 15 is 0 Å². The minimum Gasteiger partial charge on any atom is -0.467 e. The normalized spacial score (nSPS) is 11.8. The Morgan fingerprint density at radius 2 is 1.81 bits per heavy atom. The quantitative estimate of drug-likeness (QED) is 0.651. The van der Waals surface area contributed by atoms with Gasteiger partial charge in [0.2, 0.25) is 0 Å². The number of carbonyl (C=O) groups excluding carboxylic acids is 2. The van der Waals surface area contributed by atoms with Crippen molar-refractivity contribution in [2.75, 3.05) is 7.11 Å². The van der Waals surface area contributed by atoms with Crippen molar-refractivity contribution in [3.63, 3.8) is 0 Å². The van der Waals surface area contributed by atoms with Crippen LogP contribution in [0, 0.1) is 0 Å². The first-order valence-corrected chi connectivity index (χ1v) is 8.85. The number of hydrogen-bond donors (Lipinski definition) is 1. The molecule has 0 unspecified atom stereocenters. The van der Waals surface area contributed by atoms with Crippen molar-refractivity contribution in [3.05, 3.63) is 76.4 Å². The molecule has 132 valence electrons. The average molecular weight is 413 g/mol. The summed E-state index contributed by atoms with van der Waals surface area (Å²) in [5.74, 6) is -0.912. The van der Waals surface area contributed by atoms with Gasteiger partial charge in [0.1, 0.15) is 11.7 Å². The Morgan fingerprint density at radius 3 is 2.54 bits per heavy atom. The second-order valence-electron chi connectivity index (χ2n) is 5.77. The van der Waals surface area contributed by atoms with Crippen molar-refractivity contribution >= 4 is 38.7 Å². The summed E-state index contributed by atoms with van der Waals surface area (Å²) in [6.45, 7) is 0. The Hall–Kier alpha value is -2.73. The molecule has 0 aliphatic heterocycles. The Bertz CT molecular complexity index is 941. The van der Waals surface area contributed by atoms with Crippen LogP contribution in [0.3, 0.4) is 0 Å². The lowest BCUT2D eigenvalue weighted by Gasteiger charge is -2.16. The van der Waals surface area contributed by atoms with E-state index in [4.69, 9.17) is 4.74 Å². The highest BCUT2D eigenvalue weighted by Gasteiger charge is 2.23. The number of pyridine rings is 1. The minimum atomic E-state index is -0.790. The summed E-state index contributed by atoms with van der Waals surface area (Å²) < 4.78 is 5.78. The maximum atomic E-state index is 12.6. The molecule has 1 atom stereocenters. The fourth-order valence-electron chi connectivity index (χ4n) is 2.62. The molecule has 26 heavy (non-hydrogen) atoms. The van der Waals surface area contributed by atoms with E-state index in [1.165, 1.54) is 7.11 Å². The number of aromatic nitrogens is 1. The number of hydrogen-bond acceptors (Lipinski definition) is 4. The molecule has 3 rings (SSSR count). The third-order valence-electron chi connectivity index (χ3n) is 3.98. The van der Waals surface area contributed by atoms with Crippen molar-refractivity contribution in [1.29, 1.82) is 0 Å². The second kappa shape index (κ2) is 8.10. The summed E-state index contributed by atoms with van der Waals surface area (Å²) in [5.41, 5.74) is 1.89. The summed E-state index contributed by atoms with van der Waals surface area (Å²) in [4.78, 5) is 29.0. The van der Waals surface area contributed by atoms with Crippen LogP contribution in [0.2, 0.25) is 0 Å². The molecule has 0 saturated carbocycles. The fraction of sp³-hybridized carbons (Fsp3) is 0.150. The molecule has 6 heteroatoms. The molecule has 0 bridgehead atoms. The Morgan fingerprint density at radius 1 is 1.08 bits per heavy atom. The molecule has 0 saturated heterocycles. The van der Waals surface area contributed by atoms with E-state index in [1.54, 1.807) is 6.07 Å². The lowest BCUT2D eigenvalue weighted by molar-refractivity contribution is -0.142. The molecule has 1 amide bonds. The number of amides is 1. The Labute approximate surface area is 159 Å². The molecule has 2 aromatic carbocycles. The van der Waals surface area contributed by atoms with Gasteiger partial charge in [-0.2, -0.15) is 0 Å². The van der Waals surface area contributed by atoms with Gasteiger partial charge in [0.15, 0.2) is 0 Å². The van der Waals surface area contributed by atoms with E-state index in [0.29, 0.717) is 6.42 Å². The first-order chi connectivity index (χ1) is 12.6. The van der Waals surface area contributed by atoms with Gasteiger partial charge in [-0.3, -0.25) is 4.79 Å². The molecule has 0 spiro atoms. The van der Waals surface area contributed by atoms with Gasteiger partial charge in [0.25, 0.3) is 5.91 Å². The summed E-state index contributed by atoms with van der Waals surface area (Å²) in [6.07, 6.45) is 0.333. The van der Waals surface area contributed by atoms with E-state index in [0.717, 1.165) is 20.9 Å². The predicted octanol–water partition coefficient (Wildman–Crippen LogP) is 3.51. The van der Waals surface area contributed by atoms with Crippen LogP contribution in [-0.4, -0.2) is 30.0 Å². The minimum absolute atomic E-state index is 0.258. The van der Waals surface area contributed by atoms with Gasteiger partial charge in [-0.1, -0.05) is 52.3 Å². The van der Waals surface area contributed by atoms with E-state index in [1.807, 2.05) is 54.6 Å². The van der Waals surface area contributed by atoms with E-state index in [-0.39, 0.29) is 5.69 Å². The average Bonchev–Trinajstić information content (AvgIpc) is 2.68. The van der Waals surface area contributed by atoms with Gasteiger partial charge in [0.05, 0.1) is 12.6 Å². The van der Waals surface area contributed by atoms with Gasteiger partial charge >= 0.3 is 5.97 Å². The van der Waals surface area contributed by atoms with Crippen molar-refractivity contribution in [2.24, 2.45) is 0 Å². The van der Waals surface area contributed by atoms with Crippen molar-refractivity contribution in [2.45, 2.75) is 12.5 Å². The van der Waals surface area contributed by atoms with Gasteiger partial charge in [0, 0.05) is 16.3 Å². The van der Waals surface area contributed by atoms with Crippen LogP contribution < -0.4 is 5.32 Å². The fourth-order valence-corrected chi connectivity index (χ4v) is 2.88. The van der Waals surface area contributed by atoms with Crippen molar-refractivity contribution in [3.8, 4) is 0 Å². The number of halogens is 1. The number of benzene rings is 2. The molecule has 0 aliphatic rings. The summed E-state index contributed by atoms with van der Waals surface area (Å²) in [6, 6.07) is 17.8. The van der Waals surface area contributed by atoms with Crippen molar-refractivity contribution < 1.29 is 14.3 Å². The summed E-state index contributed by atoms with van der Waals surface area (Å²) >= 11 is 3.38. The number of carbonyl (C=O) groups is 2. The SMILES string of the molecule is COC(=O)[C@@H](Cc1ccc(Br)cc1)NC(=O)c1ccc2ccccc2n1. The maximum absolute atomic E-state index is 12.6. The van der Waals surface area contributed by atoms with Crippen LogP contribution in [-0.2, 0) is 16.0 Å². The monoisotopic (exact) mass is 412 g/mol. The molecule has 0 fully saturated rings. The molecule has 0 aliphatic carbocycles. The number of fused-ring (bicyclic) bond motifs is 1. The summed E-state index contributed by atoms with van der Waals surface area (Å²) in [5, 5.41) is 3.67. The van der Waals surface area contributed by atoms with E-state index in [9.17, 15) is 9.59 Å². The van der Waals surface area contributed by atoms with Crippen LogP contribution >= 0.6 is 15.9 Å². The summed E-state index contributed by atoms with van der Waals surface area (Å²) in [7, 11) is 1.30. The van der Waals surface area contributed by atoms with Crippen LogP contribution in [0.4, 0.5) is 0 Å². The molecule has 1 aromatic heterocycles. The standard InChI is InChI=1S/C20H17BrN2O3/c1-26-20(25)18(12-13-6-9-15(21)10-7-13)23-19(24)17-11-8-14-4-2-3-5-16(14)22-17/h2-11,18H,12H2,1H3,(H,23,24)/t18-/m1/s1. The predicted molar refractivity (Wildman–Crippen MR) is 103 cm³/mol. The largest absolute Gasteiger partial charge is 0.467 e. The second-order valence-corrected chi connectivity index (χ2v) is 6.68. The Kier molecular flexibility index (Phi) is 5.63. The first kappa shape index (κ1) is 18.1. The molecule has 5 nitrogen and oxygen atoms in total. The highest BCUT2D eigenvalue weighted by molar-refractivity contribution is 9.10. The maximum Gasteiger partial charge on any atom is 0.328 e. The zero-order chi connectivity index (χ0) is 18.5. The molecular weight excluding hydrogens is 396 g/mol. The van der Waals surface area contributed by atoms with Gasteiger partial charge in [-0.15, -0.1) is 0 Å². The number of methoxy groups -OCH3 is 1. The van der Waals surface area contributed by atoms with Gasteiger partial charge < -0.3 is 10.1 Å². The first-order valence-electron chi connectivity index (χ1n) is 8.06. The lowest BCUT2D eigenvalue weighted by atomic mass is 10.1. The zero-order valence-electron chi connectivity index (χ0n) is 14.1. The van der Waals surface area contributed by atoms with Crippen LogP contribution in [0.5, 0.6) is 0 Å². The number of ether oxygens (including phenoxy) is 1. The Balaban J connectivity index is 1.79. The lowest BCUT2D eigenvalue weighted by Crippen LogP contribution is -2.43. The topological polar surface area (TPSA) is 68.3 Å². The highest BCUT2D eigenvalue weighted by atomic mass is 79.9. The number of rotatable bonds is 5. The van der Waals surface area contributed by atoms with E-state index < -0.39 is 17.9 Å². The number of nitrogens with one attached hydrogen (secondary N) is 1. The van der Waals surface area contributed by atoms with Gasteiger partial charge in [-0.25, -0.2) is 9.78 Å². The number of para-hydroxylation sites is 1. The molecule has 1 heterocycles. The smallest absolute Gasteiger partial charge is 0.328 e. The number of esters is 1. The highest BCUT2D eigenvalue weighted by Crippen LogP contribution is 2.14. The van der Waals surface area contributed by atoms with E-state index in [2.05, 4.69) is 26.2 Å². The molecular formula is C20H17BrN2O3. The third kappa shape index (κ3) is 4.26. The molecule has 3 aromatic rings. The van der Waals surface area contributed by atoms with Crippen LogP contribution in [0.1, 0.15) is 16.1 Å². The zero-order valence-corrected chi connectivity index (χ0v) is 15.7. The van der Waals surface area contributed by atoms with Gasteiger partial charge in [-0.05, 0) is 29.8 Å². The van der Waals surface area contributed by atoms with Crippen molar-refractivity contribution in [1.82, 2.24) is 10.3 Å². The number of nitrogens with zero attached hydrogens (tertiary/aromatic N) is 1. The molecule has 1 N–H and O–H groups in total. The molecule has 0 radical (unpaired) electrons. The van der Waals surface area contributed by atoms with Crippen LogP contribution in [0.25, 0.3) is 10.9 Å². The third-order valence-corrected chi connectivity index (χ3v) is 4.50. The van der Waals surface area contributed by atoms with Crippen LogP contribution in [0.15, 0.2) is 65.1 Å².